The Kier molecular flexibility index (Phi) is 4.59. The van der Waals surface area contributed by atoms with Gasteiger partial charge in [0.2, 0.25) is 11.9 Å². The first-order valence-corrected chi connectivity index (χ1v) is 5.51. The van der Waals surface area contributed by atoms with Crippen molar-refractivity contribution in [3.63, 3.8) is 0 Å². The first-order valence-electron chi connectivity index (χ1n) is 5.13. The molecule has 1 heterocycles. The van der Waals surface area contributed by atoms with E-state index >= 15 is 0 Å². The van der Waals surface area contributed by atoms with Gasteiger partial charge < -0.3 is 11.5 Å². The lowest BCUT2D eigenvalue weighted by Crippen LogP contribution is -2.43. The van der Waals surface area contributed by atoms with E-state index in [4.69, 9.17) is 28.5 Å². The Morgan fingerprint density at radius 2 is 1.89 bits per heavy atom. The van der Waals surface area contributed by atoms with Crippen LogP contribution in [0.25, 0.3) is 0 Å². The predicted molar refractivity (Wildman–Crippen MR) is 69.5 cm³/mol. The van der Waals surface area contributed by atoms with Gasteiger partial charge in [-0.3, -0.25) is 25.6 Å². The van der Waals surface area contributed by atoms with Crippen molar-refractivity contribution in [2.45, 2.75) is 13.3 Å². The molecule has 0 spiro atoms. The molecule has 0 bridgehead atoms. The molecule has 0 aliphatic rings. The van der Waals surface area contributed by atoms with Gasteiger partial charge in [0.05, 0.1) is 0 Å². The lowest BCUT2D eigenvalue weighted by Gasteiger charge is -2.09. The van der Waals surface area contributed by atoms with Crippen molar-refractivity contribution in [3.05, 3.63) is 10.8 Å². The number of nitrogens with one attached hydrogen (secondary N) is 3. The van der Waals surface area contributed by atoms with E-state index in [1.807, 2.05) is 0 Å². The lowest BCUT2D eigenvalue weighted by molar-refractivity contribution is -0.119. The molecule has 0 aliphatic carbocycles. The molecule has 0 atom stereocenters. The van der Waals surface area contributed by atoms with Crippen molar-refractivity contribution in [2.24, 2.45) is 0 Å². The predicted octanol–water partition coefficient (Wildman–Crippen LogP) is -0.515. The molecule has 0 aromatic carbocycles. The van der Waals surface area contributed by atoms with Crippen molar-refractivity contribution in [1.82, 2.24) is 20.6 Å². The summed E-state index contributed by atoms with van der Waals surface area (Å²) in [6, 6.07) is 0. The quantitative estimate of drug-likeness (QED) is 0.363. The Morgan fingerprint density at radius 1 is 1.26 bits per heavy atom. The van der Waals surface area contributed by atoms with E-state index in [1.54, 1.807) is 6.92 Å². The molecule has 0 radical (unpaired) electrons. The van der Waals surface area contributed by atoms with Crippen molar-refractivity contribution < 1.29 is 9.59 Å². The van der Waals surface area contributed by atoms with E-state index in [-0.39, 0.29) is 28.9 Å². The fraction of sp³-hybridized carbons (Fsp3) is 0.222. The van der Waals surface area contributed by atoms with Crippen LogP contribution < -0.4 is 22.1 Å². The van der Waals surface area contributed by atoms with Crippen LogP contribution in [0.3, 0.4) is 0 Å². The first kappa shape index (κ1) is 14.6. The Balaban J connectivity index is 2.82. The Morgan fingerprint density at radius 3 is 2.47 bits per heavy atom. The highest BCUT2D eigenvalue weighted by atomic mass is 35.5. The zero-order valence-corrected chi connectivity index (χ0v) is 10.7. The van der Waals surface area contributed by atoms with Crippen LogP contribution in [0, 0.1) is 5.41 Å². The third kappa shape index (κ3) is 3.78. The number of rotatable bonds is 2. The fourth-order valence-corrected chi connectivity index (χ4v) is 1.17. The normalized spacial score (nSPS) is 9.79. The summed E-state index contributed by atoms with van der Waals surface area (Å²) in [4.78, 5) is 30.0. The number of halogens is 1. The van der Waals surface area contributed by atoms with Crippen LogP contribution in [-0.4, -0.2) is 27.7 Å². The third-order valence-electron chi connectivity index (χ3n) is 1.94. The Labute approximate surface area is 113 Å². The van der Waals surface area contributed by atoms with E-state index in [0.717, 1.165) is 0 Å². The van der Waals surface area contributed by atoms with E-state index in [9.17, 15) is 9.59 Å². The standard InChI is InChI=1S/C9H12ClN7O2/c1-2-3(18)14-9(13)17-8(19)4-6(11)16-7(12)5(10)15-4/h2H2,1H3,(H4,11,12,16)(H3,13,14,17,18,19). The molecule has 0 fully saturated rings. The topological polar surface area (TPSA) is 160 Å². The second-order valence-corrected chi connectivity index (χ2v) is 3.72. The first-order chi connectivity index (χ1) is 8.85. The maximum Gasteiger partial charge on any atom is 0.280 e. The van der Waals surface area contributed by atoms with Crippen molar-refractivity contribution in [2.75, 3.05) is 11.5 Å². The smallest absolute Gasteiger partial charge is 0.280 e. The highest BCUT2D eigenvalue weighted by Crippen LogP contribution is 2.16. The SMILES string of the molecule is CCC(=O)NC(=N)NC(=O)c1nc(Cl)c(N)nc1N. The van der Waals surface area contributed by atoms with Gasteiger partial charge >= 0.3 is 0 Å². The van der Waals surface area contributed by atoms with E-state index in [2.05, 4.69) is 20.6 Å². The maximum absolute atomic E-state index is 11.7. The molecule has 2 amide bonds. The van der Waals surface area contributed by atoms with E-state index in [0.29, 0.717) is 0 Å². The minimum atomic E-state index is -0.826. The number of hydrogen-bond acceptors (Lipinski definition) is 7. The number of aromatic nitrogens is 2. The van der Waals surface area contributed by atoms with Gasteiger partial charge in [0.25, 0.3) is 5.91 Å². The number of nitrogens with two attached hydrogens (primary N) is 2. The van der Waals surface area contributed by atoms with E-state index < -0.39 is 17.8 Å². The Hall–Kier alpha value is -2.42. The molecule has 1 aromatic heterocycles. The second kappa shape index (κ2) is 5.96. The minimum absolute atomic E-state index is 0.106. The molecule has 7 N–H and O–H groups in total. The molecular weight excluding hydrogens is 274 g/mol. The number of carbonyl (C=O) groups is 2. The van der Waals surface area contributed by atoms with Crippen LogP contribution in [0.15, 0.2) is 0 Å². The van der Waals surface area contributed by atoms with Crippen LogP contribution in [-0.2, 0) is 4.79 Å². The zero-order valence-electron chi connectivity index (χ0n) is 9.95. The summed E-state index contributed by atoms with van der Waals surface area (Å²) in [5.41, 5.74) is 10.5. The van der Waals surface area contributed by atoms with Gasteiger partial charge in [-0.25, -0.2) is 9.97 Å². The average Bonchev–Trinajstić information content (AvgIpc) is 2.33. The van der Waals surface area contributed by atoms with Gasteiger partial charge in [-0.2, -0.15) is 0 Å². The molecule has 9 nitrogen and oxygen atoms in total. The Bertz CT molecular complexity index is 546. The highest BCUT2D eigenvalue weighted by Gasteiger charge is 2.17. The summed E-state index contributed by atoms with van der Waals surface area (Å²) in [6.45, 7) is 1.60. The number of nitrogen functional groups attached to an aromatic ring is 2. The van der Waals surface area contributed by atoms with Crippen LogP contribution in [0.1, 0.15) is 23.8 Å². The van der Waals surface area contributed by atoms with Crippen molar-refractivity contribution in [1.29, 1.82) is 5.41 Å². The van der Waals surface area contributed by atoms with Crippen molar-refractivity contribution in [3.8, 4) is 0 Å². The lowest BCUT2D eigenvalue weighted by atomic mass is 10.4. The summed E-state index contributed by atoms with van der Waals surface area (Å²) in [5, 5.41) is 11.4. The summed E-state index contributed by atoms with van der Waals surface area (Å²) < 4.78 is 0. The molecule has 0 saturated carbocycles. The molecule has 19 heavy (non-hydrogen) atoms. The van der Waals surface area contributed by atoms with Gasteiger partial charge in [-0.1, -0.05) is 18.5 Å². The second-order valence-electron chi connectivity index (χ2n) is 3.36. The molecule has 0 unspecified atom stereocenters. The summed E-state index contributed by atoms with van der Waals surface area (Å²) >= 11 is 5.62. The van der Waals surface area contributed by atoms with Gasteiger partial charge in [0, 0.05) is 6.42 Å². The van der Waals surface area contributed by atoms with Gasteiger partial charge in [-0.15, -0.1) is 0 Å². The monoisotopic (exact) mass is 285 g/mol. The zero-order chi connectivity index (χ0) is 14.6. The molecular formula is C9H12ClN7O2. The van der Waals surface area contributed by atoms with Crippen molar-refractivity contribution >= 4 is 41.0 Å². The number of hydrogen-bond donors (Lipinski definition) is 5. The van der Waals surface area contributed by atoms with Gasteiger partial charge in [0.1, 0.15) is 0 Å². The van der Waals surface area contributed by atoms with Gasteiger partial charge in [-0.05, 0) is 0 Å². The third-order valence-corrected chi connectivity index (χ3v) is 2.22. The molecule has 10 heteroatoms. The maximum atomic E-state index is 11.7. The highest BCUT2D eigenvalue weighted by molar-refractivity contribution is 6.31. The average molecular weight is 286 g/mol. The minimum Gasteiger partial charge on any atom is -0.382 e. The van der Waals surface area contributed by atoms with Crippen LogP contribution >= 0.6 is 11.6 Å². The molecule has 0 aliphatic heterocycles. The largest absolute Gasteiger partial charge is 0.382 e. The van der Waals surface area contributed by atoms with Crippen LogP contribution in [0.2, 0.25) is 5.15 Å². The molecule has 1 aromatic rings. The fourth-order valence-electron chi connectivity index (χ4n) is 1.04. The number of carbonyl (C=O) groups excluding carboxylic acids is 2. The van der Waals surface area contributed by atoms with Crippen LogP contribution in [0.4, 0.5) is 11.6 Å². The molecule has 102 valence electrons. The van der Waals surface area contributed by atoms with E-state index in [1.165, 1.54) is 0 Å². The van der Waals surface area contributed by atoms with Crippen LogP contribution in [0.5, 0.6) is 0 Å². The summed E-state index contributed by atoms with van der Waals surface area (Å²) in [5.74, 6) is -2.07. The van der Waals surface area contributed by atoms with Gasteiger partial charge in [0.15, 0.2) is 22.5 Å². The number of anilines is 2. The number of amides is 2. The summed E-state index contributed by atoms with van der Waals surface area (Å²) in [6.07, 6.45) is 0.174. The molecule has 1 rings (SSSR count). The number of guanidine groups is 1. The number of nitrogens with zero attached hydrogens (tertiary/aromatic N) is 2. The molecule has 0 saturated heterocycles. The summed E-state index contributed by atoms with van der Waals surface area (Å²) in [7, 11) is 0.